The molecule has 74 valence electrons. The zero-order valence-electron chi connectivity index (χ0n) is 7.87. The van der Waals surface area contributed by atoms with Crippen LogP contribution in [-0.2, 0) is 0 Å². The lowest BCUT2D eigenvalue weighted by Gasteiger charge is -2.11. The van der Waals surface area contributed by atoms with Gasteiger partial charge >= 0.3 is 0 Å². The highest BCUT2D eigenvalue weighted by Crippen LogP contribution is 2.40. The Morgan fingerprint density at radius 3 is 2.50 bits per heavy atom. The molecule has 1 rings (SSSR count). The van der Waals surface area contributed by atoms with E-state index in [9.17, 15) is 10.2 Å². The first-order chi connectivity index (χ1) is 6.49. The fraction of sp³-hybridized carbons (Fsp3) is 0.300. The van der Waals surface area contributed by atoms with Crippen molar-refractivity contribution in [3.05, 3.63) is 21.7 Å². The van der Waals surface area contributed by atoms with Gasteiger partial charge in [0.05, 0.1) is 12.0 Å². The lowest BCUT2D eigenvalue weighted by Crippen LogP contribution is -1.93. The fourth-order valence-corrected chi connectivity index (χ4v) is 1.72. The minimum atomic E-state index is -0.398. The fourth-order valence-electron chi connectivity index (χ4n) is 1.18. The second-order valence-corrected chi connectivity index (χ2v) is 3.94. The van der Waals surface area contributed by atoms with Gasteiger partial charge in [0.15, 0.2) is 0 Å². The summed E-state index contributed by atoms with van der Waals surface area (Å²) in [6, 6.07) is 3.65. The summed E-state index contributed by atoms with van der Waals surface area (Å²) in [4.78, 5) is 0. The Morgan fingerprint density at radius 1 is 1.43 bits per heavy atom. The maximum Gasteiger partial charge on any atom is 0.138 e. The van der Waals surface area contributed by atoms with Crippen molar-refractivity contribution in [1.82, 2.24) is 0 Å². The van der Waals surface area contributed by atoms with E-state index >= 15 is 0 Å². The first-order valence-corrected chi connectivity index (χ1v) is 4.88. The molecule has 0 aromatic heterocycles. The number of hydrogen-bond donors (Lipinski definition) is 2. The number of hydrogen-bond acceptors (Lipinski definition) is 3. The Labute approximate surface area is 90.7 Å². The van der Waals surface area contributed by atoms with Gasteiger partial charge in [0.25, 0.3) is 0 Å². The lowest BCUT2D eigenvalue weighted by atomic mass is 9.99. The van der Waals surface area contributed by atoms with E-state index in [0.29, 0.717) is 11.1 Å². The number of nitriles is 1. The average molecular weight is 256 g/mol. The van der Waals surface area contributed by atoms with Crippen LogP contribution in [0.5, 0.6) is 11.5 Å². The molecule has 0 aliphatic rings. The van der Waals surface area contributed by atoms with Crippen molar-refractivity contribution < 1.29 is 10.2 Å². The molecule has 1 unspecified atom stereocenters. The molecule has 3 nitrogen and oxygen atoms in total. The number of rotatable bonds is 1. The average Bonchev–Trinajstić information content (AvgIpc) is 2.19. The van der Waals surface area contributed by atoms with E-state index in [4.69, 9.17) is 5.26 Å². The van der Waals surface area contributed by atoms with Crippen LogP contribution >= 0.6 is 15.9 Å². The Balaban J connectivity index is 3.42. The predicted molar refractivity (Wildman–Crippen MR) is 56.2 cm³/mol. The molecule has 2 N–H and O–H groups in total. The second-order valence-electron chi connectivity index (χ2n) is 3.14. The SMILES string of the molecule is Cc1cc(C(C)C#N)c(O)c(Br)c1O. The van der Waals surface area contributed by atoms with E-state index < -0.39 is 5.92 Å². The molecular weight excluding hydrogens is 246 g/mol. The lowest BCUT2D eigenvalue weighted by molar-refractivity contribution is 0.436. The van der Waals surface area contributed by atoms with Gasteiger partial charge in [0.2, 0.25) is 0 Å². The summed E-state index contributed by atoms with van der Waals surface area (Å²) in [7, 11) is 0. The molecule has 0 aliphatic heterocycles. The predicted octanol–water partition coefficient (Wildman–Crippen LogP) is 2.80. The molecule has 14 heavy (non-hydrogen) atoms. The summed E-state index contributed by atoms with van der Waals surface area (Å²) in [5.74, 6) is -0.455. The van der Waals surface area contributed by atoms with E-state index in [1.54, 1.807) is 19.9 Å². The molecule has 0 heterocycles. The summed E-state index contributed by atoms with van der Waals surface area (Å²) < 4.78 is 0.245. The highest BCUT2D eigenvalue weighted by Gasteiger charge is 2.16. The quantitative estimate of drug-likeness (QED) is 0.811. The minimum absolute atomic E-state index is 0.0105. The van der Waals surface area contributed by atoms with Gasteiger partial charge in [-0.05, 0) is 41.4 Å². The van der Waals surface area contributed by atoms with Crippen LogP contribution in [0.15, 0.2) is 10.5 Å². The first-order valence-electron chi connectivity index (χ1n) is 4.09. The van der Waals surface area contributed by atoms with Crippen molar-refractivity contribution in [1.29, 1.82) is 5.26 Å². The van der Waals surface area contributed by atoms with Gasteiger partial charge in [-0.15, -0.1) is 0 Å². The standard InChI is InChI=1S/C10H10BrNO2/c1-5-3-7(6(2)4-12)10(14)8(11)9(5)13/h3,6,13-14H,1-2H3. The zero-order valence-corrected chi connectivity index (χ0v) is 9.46. The van der Waals surface area contributed by atoms with Gasteiger partial charge in [-0.25, -0.2) is 0 Å². The Bertz CT molecular complexity index is 410. The molecule has 1 aromatic carbocycles. The van der Waals surface area contributed by atoms with Crippen molar-refractivity contribution in [2.24, 2.45) is 0 Å². The van der Waals surface area contributed by atoms with Crippen molar-refractivity contribution in [3.8, 4) is 17.6 Å². The first kappa shape index (κ1) is 10.9. The van der Waals surface area contributed by atoms with Gasteiger partial charge in [-0.1, -0.05) is 0 Å². The molecule has 1 aromatic rings. The number of aromatic hydroxyl groups is 2. The number of nitrogens with zero attached hydrogens (tertiary/aromatic N) is 1. The smallest absolute Gasteiger partial charge is 0.138 e. The third kappa shape index (κ3) is 1.68. The Hall–Kier alpha value is -1.21. The number of phenolic OH excluding ortho intramolecular Hbond substituents is 2. The Kier molecular flexibility index (Phi) is 3.02. The summed E-state index contributed by atoms with van der Waals surface area (Å²) in [5.41, 5.74) is 1.15. The van der Waals surface area contributed by atoms with Crippen LogP contribution in [-0.4, -0.2) is 10.2 Å². The van der Waals surface area contributed by atoms with Crippen LogP contribution in [0, 0.1) is 18.3 Å². The van der Waals surface area contributed by atoms with Crippen LogP contribution < -0.4 is 0 Å². The molecule has 1 atom stereocenters. The van der Waals surface area contributed by atoms with Crippen molar-refractivity contribution >= 4 is 15.9 Å². The van der Waals surface area contributed by atoms with Gasteiger partial charge in [-0.2, -0.15) is 5.26 Å². The number of aryl methyl sites for hydroxylation is 1. The monoisotopic (exact) mass is 255 g/mol. The molecule has 0 amide bonds. The van der Waals surface area contributed by atoms with E-state index in [1.807, 2.05) is 6.07 Å². The van der Waals surface area contributed by atoms with Crippen molar-refractivity contribution in [3.63, 3.8) is 0 Å². The molecule has 0 spiro atoms. The van der Waals surface area contributed by atoms with Crippen LogP contribution in [0.3, 0.4) is 0 Å². The van der Waals surface area contributed by atoms with E-state index in [0.717, 1.165) is 0 Å². The molecule has 0 bridgehead atoms. The molecule has 0 aliphatic carbocycles. The van der Waals surface area contributed by atoms with Crippen molar-refractivity contribution in [2.45, 2.75) is 19.8 Å². The molecule has 0 radical (unpaired) electrons. The number of phenols is 2. The highest BCUT2D eigenvalue weighted by atomic mass is 79.9. The zero-order chi connectivity index (χ0) is 10.9. The van der Waals surface area contributed by atoms with E-state index in [2.05, 4.69) is 15.9 Å². The van der Waals surface area contributed by atoms with Gasteiger partial charge in [0.1, 0.15) is 16.0 Å². The molecule has 4 heteroatoms. The summed E-state index contributed by atoms with van der Waals surface area (Å²) in [5, 5.41) is 27.8. The largest absolute Gasteiger partial charge is 0.506 e. The summed E-state index contributed by atoms with van der Waals surface area (Å²) in [6.45, 7) is 3.41. The molecule has 0 fully saturated rings. The van der Waals surface area contributed by atoms with Crippen molar-refractivity contribution in [2.75, 3.05) is 0 Å². The minimum Gasteiger partial charge on any atom is -0.506 e. The van der Waals surface area contributed by atoms with Gasteiger partial charge < -0.3 is 10.2 Å². The normalized spacial score (nSPS) is 12.1. The maximum atomic E-state index is 9.65. The van der Waals surface area contributed by atoms with E-state index in [1.165, 1.54) is 0 Å². The van der Waals surface area contributed by atoms with Gasteiger partial charge in [-0.3, -0.25) is 0 Å². The maximum absolute atomic E-state index is 9.65. The van der Waals surface area contributed by atoms with Gasteiger partial charge in [0, 0.05) is 5.56 Å². The third-order valence-corrected chi connectivity index (χ3v) is 2.85. The number of halogens is 1. The molecule has 0 saturated carbocycles. The second kappa shape index (κ2) is 3.89. The molecule has 0 saturated heterocycles. The summed E-state index contributed by atoms with van der Waals surface area (Å²) in [6.07, 6.45) is 0. The van der Waals surface area contributed by atoms with Crippen LogP contribution in [0.1, 0.15) is 24.0 Å². The third-order valence-electron chi connectivity index (χ3n) is 2.09. The van der Waals surface area contributed by atoms with E-state index in [-0.39, 0.29) is 16.0 Å². The topological polar surface area (TPSA) is 64.2 Å². The van der Waals surface area contributed by atoms with Crippen LogP contribution in [0.2, 0.25) is 0 Å². The van der Waals surface area contributed by atoms with Crippen LogP contribution in [0.4, 0.5) is 0 Å². The van der Waals surface area contributed by atoms with Crippen LogP contribution in [0.25, 0.3) is 0 Å². The number of benzene rings is 1. The summed E-state index contributed by atoms with van der Waals surface area (Å²) >= 11 is 3.07. The highest BCUT2D eigenvalue weighted by molar-refractivity contribution is 9.10. The Morgan fingerprint density at radius 2 is 2.00 bits per heavy atom. The molecular formula is C10H10BrNO2.